The largest absolute Gasteiger partial charge is 0.369 e. The topological polar surface area (TPSA) is 12.5 Å². The Morgan fingerprint density at radius 1 is 1.00 bits per heavy atom. The third-order valence-electron chi connectivity index (χ3n) is 2.84. The van der Waals surface area contributed by atoms with Gasteiger partial charge >= 0.3 is 0 Å². The quantitative estimate of drug-likeness (QED) is 0.489. The Balaban J connectivity index is 0.0000000986. The van der Waals surface area contributed by atoms with Crippen LogP contribution < -0.4 is 0 Å². The van der Waals surface area contributed by atoms with Crippen LogP contribution in [0.15, 0.2) is 0 Å². The van der Waals surface area contributed by atoms with E-state index in [0.717, 1.165) is 18.1 Å². The molecule has 1 heterocycles. The molecule has 1 aliphatic heterocycles. The van der Waals surface area contributed by atoms with Gasteiger partial charge in [0.25, 0.3) is 0 Å². The lowest BCUT2D eigenvalue weighted by atomic mass is 9.91. The Kier molecular flexibility index (Phi) is 2.17. The van der Waals surface area contributed by atoms with E-state index in [-0.39, 0.29) is 0 Å². The summed E-state index contributed by atoms with van der Waals surface area (Å²) in [5.41, 5.74) is 0. The van der Waals surface area contributed by atoms with Crippen LogP contribution in [0.5, 0.6) is 0 Å². The van der Waals surface area contributed by atoms with Crippen molar-refractivity contribution in [2.24, 2.45) is 5.92 Å². The molecule has 2 unspecified atom stereocenters. The molecule has 3 rings (SSSR count). The lowest BCUT2D eigenvalue weighted by Gasteiger charge is -2.15. The van der Waals surface area contributed by atoms with Crippen molar-refractivity contribution in [3.63, 3.8) is 0 Å². The van der Waals surface area contributed by atoms with Crippen molar-refractivity contribution in [2.75, 3.05) is 0 Å². The first-order valence-corrected chi connectivity index (χ1v) is 5.02. The molecule has 1 saturated heterocycles. The van der Waals surface area contributed by atoms with Gasteiger partial charge in [0.2, 0.25) is 0 Å². The fourth-order valence-corrected chi connectivity index (χ4v) is 1.63. The first-order chi connectivity index (χ1) is 5.36. The van der Waals surface area contributed by atoms with Crippen LogP contribution in [0.4, 0.5) is 0 Å². The molecule has 0 amide bonds. The molecule has 0 spiro atoms. The maximum absolute atomic E-state index is 4.81. The van der Waals surface area contributed by atoms with Gasteiger partial charge in [0.05, 0.1) is 12.2 Å². The lowest BCUT2D eigenvalue weighted by molar-refractivity contribution is 0.295. The SMILES string of the molecule is C1C2OC12.CC1CCCCC1. The van der Waals surface area contributed by atoms with E-state index in [1.807, 2.05) is 0 Å². The van der Waals surface area contributed by atoms with E-state index in [2.05, 4.69) is 6.92 Å². The van der Waals surface area contributed by atoms with Crippen molar-refractivity contribution in [1.82, 2.24) is 0 Å². The fraction of sp³-hybridized carbons (Fsp3) is 1.00. The summed E-state index contributed by atoms with van der Waals surface area (Å²) in [5.74, 6) is 1.04. The number of hydrogen-bond acceptors (Lipinski definition) is 1. The summed E-state index contributed by atoms with van der Waals surface area (Å²) >= 11 is 0. The highest BCUT2D eigenvalue weighted by Gasteiger charge is 2.56. The van der Waals surface area contributed by atoms with Crippen LogP contribution in [0, 0.1) is 5.92 Å². The van der Waals surface area contributed by atoms with Gasteiger partial charge in [-0.05, 0) is 5.92 Å². The summed E-state index contributed by atoms with van der Waals surface area (Å²) in [6, 6.07) is 0. The Bertz CT molecular complexity index is 115. The van der Waals surface area contributed by atoms with Crippen molar-refractivity contribution in [3.05, 3.63) is 0 Å². The molecule has 0 aromatic rings. The Labute approximate surface area is 69.1 Å². The van der Waals surface area contributed by atoms with Gasteiger partial charge in [0.15, 0.2) is 0 Å². The third kappa shape index (κ3) is 2.48. The molecule has 0 bridgehead atoms. The first-order valence-electron chi connectivity index (χ1n) is 5.02. The molecule has 2 saturated carbocycles. The highest BCUT2D eigenvalue weighted by atomic mass is 16.6. The first kappa shape index (κ1) is 7.60. The summed E-state index contributed by atoms with van der Waals surface area (Å²) in [6.07, 6.45) is 10.3. The van der Waals surface area contributed by atoms with Crippen molar-refractivity contribution >= 4 is 0 Å². The van der Waals surface area contributed by atoms with Gasteiger partial charge in [-0.25, -0.2) is 0 Å². The second-order valence-corrected chi connectivity index (χ2v) is 4.19. The Morgan fingerprint density at radius 3 is 1.64 bits per heavy atom. The molecule has 0 radical (unpaired) electrons. The standard InChI is InChI=1S/C7H14.C3H4O/c1-7-5-3-2-4-6-7;1-2-3(1)4-2/h7H,2-6H2,1H3;2-3H,1H2. The molecular formula is C10H18O. The van der Waals surface area contributed by atoms with Crippen LogP contribution in [-0.4, -0.2) is 12.2 Å². The van der Waals surface area contributed by atoms with E-state index < -0.39 is 0 Å². The van der Waals surface area contributed by atoms with Crippen molar-refractivity contribution in [1.29, 1.82) is 0 Å². The van der Waals surface area contributed by atoms with Crippen molar-refractivity contribution in [3.8, 4) is 0 Å². The van der Waals surface area contributed by atoms with Crippen molar-refractivity contribution in [2.45, 2.75) is 57.7 Å². The average molecular weight is 154 g/mol. The van der Waals surface area contributed by atoms with Crippen LogP contribution in [0.3, 0.4) is 0 Å². The maximum atomic E-state index is 4.81. The predicted octanol–water partition coefficient (Wildman–Crippen LogP) is 2.74. The van der Waals surface area contributed by atoms with Gasteiger partial charge in [0.1, 0.15) is 0 Å². The monoisotopic (exact) mass is 154 g/mol. The van der Waals surface area contributed by atoms with Gasteiger partial charge in [-0.3, -0.25) is 0 Å². The molecule has 64 valence electrons. The van der Waals surface area contributed by atoms with E-state index >= 15 is 0 Å². The second-order valence-electron chi connectivity index (χ2n) is 4.19. The summed E-state index contributed by atoms with van der Waals surface area (Å²) in [7, 11) is 0. The molecule has 3 fully saturated rings. The van der Waals surface area contributed by atoms with Gasteiger partial charge in [-0.1, -0.05) is 39.0 Å². The zero-order chi connectivity index (χ0) is 7.68. The second kappa shape index (κ2) is 3.14. The van der Waals surface area contributed by atoms with Crippen molar-refractivity contribution < 1.29 is 4.74 Å². The molecule has 3 aliphatic rings. The average Bonchev–Trinajstić information content (AvgIpc) is 2.74. The lowest BCUT2D eigenvalue weighted by Crippen LogP contribution is -1.99. The zero-order valence-electron chi connectivity index (χ0n) is 7.38. The molecule has 1 heteroatoms. The molecule has 0 aromatic heterocycles. The Morgan fingerprint density at radius 2 is 1.45 bits per heavy atom. The van der Waals surface area contributed by atoms with Crippen LogP contribution >= 0.6 is 0 Å². The predicted molar refractivity (Wildman–Crippen MR) is 45.5 cm³/mol. The number of fused-ring (bicyclic) bond motifs is 1. The van der Waals surface area contributed by atoms with Gasteiger partial charge < -0.3 is 4.74 Å². The smallest absolute Gasteiger partial charge is 0.0868 e. The number of ether oxygens (including phenoxy) is 1. The molecule has 0 N–H and O–H groups in total. The third-order valence-corrected chi connectivity index (χ3v) is 2.84. The molecule has 1 nitrogen and oxygen atoms in total. The fourth-order valence-electron chi connectivity index (χ4n) is 1.63. The molecule has 2 aliphatic carbocycles. The van der Waals surface area contributed by atoms with Gasteiger partial charge in [-0.15, -0.1) is 0 Å². The van der Waals surface area contributed by atoms with Crippen LogP contribution in [0.2, 0.25) is 0 Å². The Hall–Kier alpha value is -0.0400. The van der Waals surface area contributed by atoms with E-state index in [1.165, 1.54) is 38.5 Å². The normalized spacial score (nSPS) is 40.1. The number of rotatable bonds is 0. The van der Waals surface area contributed by atoms with E-state index in [4.69, 9.17) is 4.74 Å². The summed E-state index contributed by atoms with van der Waals surface area (Å²) < 4.78 is 4.81. The molecular weight excluding hydrogens is 136 g/mol. The highest BCUT2D eigenvalue weighted by molar-refractivity contribution is 5.03. The minimum atomic E-state index is 0.750. The van der Waals surface area contributed by atoms with E-state index in [1.54, 1.807) is 0 Å². The van der Waals surface area contributed by atoms with E-state index in [9.17, 15) is 0 Å². The minimum Gasteiger partial charge on any atom is -0.369 e. The zero-order valence-corrected chi connectivity index (χ0v) is 7.38. The molecule has 0 aromatic carbocycles. The number of epoxide rings is 1. The minimum absolute atomic E-state index is 0.750. The van der Waals surface area contributed by atoms with Crippen LogP contribution in [-0.2, 0) is 4.74 Å². The van der Waals surface area contributed by atoms with Crippen LogP contribution in [0.25, 0.3) is 0 Å². The highest BCUT2D eigenvalue weighted by Crippen LogP contribution is 2.45. The summed E-state index contributed by atoms with van der Waals surface area (Å²) in [4.78, 5) is 0. The van der Waals surface area contributed by atoms with E-state index in [0.29, 0.717) is 0 Å². The van der Waals surface area contributed by atoms with Gasteiger partial charge in [0, 0.05) is 6.42 Å². The number of hydrogen-bond donors (Lipinski definition) is 0. The molecule has 11 heavy (non-hydrogen) atoms. The molecule has 2 atom stereocenters. The summed E-state index contributed by atoms with van der Waals surface area (Å²) in [5, 5.41) is 0. The maximum Gasteiger partial charge on any atom is 0.0868 e. The van der Waals surface area contributed by atoms with Crippen LogP contribution in [0.1, 0.15) is 45.4 Å². The summed E-state index contributed by atoms with van der Waals surface area (Å²) in [6.45, 7) is 2.36. The van der Waals surface area contributed by atoms with Gasteiger partial charge in [-0.2, -0.15) is 0 Å².